The summed E-state index contributed by atoms with van der Waals surface area (Å²) in [6, 6.07) is 13.0. The van der Waals surface area contributed by atoms with Gasteiger partial charge in [-0.3, -0.25) is 4.98 Å². The third-order valence-corrected chi connectivity index (χ3v) is 2.97. The molecule has 1 heteroatoms. The standard InChI is InChI=1S/C14H13N/c1-2-11(1)12-3-5-13(6-4-12)14-7-9-15-10-8-14/h3-11H,1-2H2. The summed E-state index contributed by atoms with van der Waals surface area (Å²) < 4.78 is 0. The van der Waals surface area contributed by atoms with Gasteiger partial charge in [0.2, 0.25) is 0 Å². The van der Waals surface area contributed by atoms with Crippen molar-refractivity contribution in [2.24, 2.45) is 0 Å². The van der Waals surface area contributed by atoms with Crippen LogP contribution in [0.3, 0.4) is 0 Å². The molecule has 0 spiro atoms. The van der Waals surface area contributed by atoms with Crippen molar-refractivity contribution in [1.29, 1.82) is 0 Å². The fourth-order valence-corrected chi connectivity index (χ4v) is 1.91. The largest absolute Gasteiger partial charge is 0.265 e. The van der Waals surface area contributed by atoms with Gasteiger partial charge in [-0.05, 0) is 47.6 Å². The molecule has 1 fully saturated rings. The van der Waals surface area contributed by atoms with E-state index in [9.17, 15) is 0 Å². The Morgan fingerprint density at radius 3 is 2.00 bits per heavy atom. The molecule has 0 bridgehead atoms. The van der Waals surface area contributed by atoms with Crippen LogP contribution in [0.5, 0.6) is 0 Å². The first-order valence-electron chi connectivity index (χ1n) is 5.44. The van der Waals surface area contributed by atoms with Gasteiger partial charge in [0.25, 0.3) is 0 Å². The monoisotopic (exact) mass is 195 g/mol. The van der Waals surface area contributed by atoms with Crippen LogP contribution < -0.4 is 0 Å². The molecule has 1 aliphatic rings. The van der Waals surface area contributed by atoms with Crippen molar-refractivity contribution in [2.75, 3.05) is 0 Å². The van der Waals surface area contributed by atoms with E-state index in [1.165, 1.54) is 29.5 Å². The SMILES string of the molecule is c1cc(-c2ccc(C3CC3)cc2)ccn1. The molecule has 2 aromatic rings. The number of hydrogen-bond donors (Lipinski definition) is 0. The molecule has 74 valence electrons. The Balaban J connectivity index is 1.93. The number of benzene rings is 1. The average molecular weight is 195 g/mol. The first-order valence-corrected chi connectivity index (χ1v) is 5.44. The van der Waals surface area contributed by atoms with Gasteiger partial charge >= 0.3 is 0 Å². The number of rotatable bonds is 2. The predicted molar refractivity (Wildman–Crippen MR) is 61.6 cm³/mol. The van der Waals surface area contributed by atoms with E-state index >= 15 is 0 Å². The van der Waals surface area contributed by atoms with Gasteiger partial charge in [0.05, 0.1) is 0 Å². The van der Waals surface area contributed by atoms with Crippen LogP contribution >= 0.6 is 0 Å². The van der Waals surface area contributed by atoms with E-state index in [4.69, 9.17) is 0 Å². The summed E-state index contributed by atoms with van der Waals surface area (Å²) in [5.41, 5.74) is 4.02. The second-order valence-corrected chi connectivity index (χ2v) is 4.13. The van der Waals surface area contributed by atoms with Crippen molar-refractivity contribution >= 4 is 0 Å². The Hall–Kier alpha value is -1.63. The molecule has 0 N–H and O–H groups in total. The summed E-state index contributed by atoms with van der Waals surface area (Å²) in [7, 11) is 0. The molecule has 0 radical (unpaired) electrons. The van der Waals surface area contributed by atoms with Crippen LogP contribution in [-0.4, -0.2) is 4.98 Å². The second kappa shape index (κ2) is 3.50. The lowest BCUT2D eigenvalue weighted by Crippen LogP contribution is -1.81. The van der Waals surface area contributed by atoms with Crippen molar-refractivity contribution < 1.29 is 0 Å². The smallest absolute Gasteiger partial charge is 0.0273 e. The molecule has 0 saturated heterocycles. The number of aromatic nitrogens is 1. The number of hydrogen-bond acceptors (Lipinski definition) is 1. The van der Waals surface area contributed by atoms with Crippen molar-refractivity contribution in [3.05, 3.63) is 54.4 Å². The van der Waals surface area contributed by atoms with E-state index in [0.29, 0.717) is 0 Å². The highest BCUT2D eigenvalue weighted by Crippen LogP contribution is 2.40. The van der Waals surface area contributed by atoms with Gasteiger partial charge in [-0.1, -0.05) is 24.3 Å². The summed E-state index contributed by atoms with van der Waals surface area (Å²) in [5, 5.41) is 0. The molecule has 0 atom stereocenters. The van der Waals surface area contributed by atoms with Crippen molar-refractivity contribution in [3.63, 3.8) is 0 Å². The van der Waals surface area contributed by atoms with E-state index in [0.717, 1.165) is 5.92 Å². The molecule has 0 amide bonds. The fraction of sp³-hybridized carbons (Fsp3) is 0.214. The quantitative estimate of drug-likeness (QED) is 0.713. The fourth-order valence-electron chi connectivity index (χ4n) is 1.91. The Morgan fingerprint density at radius 1 is 0.800 bits per heavy atom. The van der Waals surface area contributed by atoms with E-state index in [2.05, 4.69) is 29.2 Å². The zero-order valence-corrected chi connectivity index (χ0v) is 8.56. The first kappa shape index (κ1) is 8.66. The molecule has 1 aromatic heterocycles. The highest BCUT2D eigenvalue weighted by Gasteiger charge is 2.22. The van der Waals surface area contributed by atoms with E-state index < -0.39 is 0 Å². The zero-order valence-electron chi connectivity index (χ0n) is 8.56. The van der Waals surface area contributed by atoms with Crippen LogP contribution in [0, 0.1) is 0 Å². The molecule has 0 unspecified atom stereocenters. The lowest BCUT2D eigenvalue weighted by atomic mass is 10.0. The second-order valence-electron chi connectivity index (χ2n) is 4.13. The normalized spacial score (nSPS) is 15.2. The lowest BCUT2D eigenvalue weighted by molar-refractivity contribution is 1.13. The molecular weight excluding hydrogens is 182 g/mol. The minimum Gasteiger partial charge on any atom is -0.265 e. The Labute approximate surface area is 89.8 Å². The molecule has 1 heterocycles. The highest BCUT2D eigenvalue weighted by atomic mass is 14.6. The molecule has 15 heavy (non-hydrogen) atoms. The summed E-state index contributed by atoms with van der Waals surface area (Å²) in [5.74, 6) is 0.844. The van der Waals surface area contributed by atoms with Crippen LogP contribution in [0.15, 0.2) is 48.8 Å². The zero-order chi connectivity index (χ0) is 10.1. The first-order chi connectivity index (χ1) is 7.43. The van der Waals surface area contributed by atoms with Gasteiger partial charge in [0.1, 0.15) is 0 Å². The van der Waals surface area contributed by atoms with Gasteiger partial charge < -0.3 is 0 Å². The Kier molecular flexibility index (Phi) is 2.02. The summed E-state index contributed by atoms with van der Waals surface area (Å²) in [6.45, 7) is 0. The third kappa shape index (κ3) is 1.78. The Morgan fingerprint density at radius 2 is 1.40 bits per heavy atom. The van der Waals surface area contributed by atoms with Crippen molar-refractivity contribution in [3.8, 4) is 11.1 Å². The predicted octanol–water partition coefficient (Wildman–Crippen LogP) is 3.63. The van der Waals surface area contributed by atoms with Crippen LogP contribution in [0.4, 0.5) is 0 Å². The van der Waals surface area contributed by atoms with Crippen LogP contribution in [-0.2, 0) is 0 Å². The van der Waals surface area contributed by atoms with Gasteiger partial charge in [-0.15, -0.1) is 0 Å². The van der Waals surface area contributed by atoms with Gasteiger partial charge in [0.15, 0.2) is 0 Å². The minimum absolute atomic E-state index is 0.844. The maximum absolute atomic E-state index is 4.03. The maximum atomic E-state index is 4.03. The molecule has 1 nitrogen and oxygen atoms in total. The Bertz CT molecular complexity index is 441. The van der Waals surface area contributed by atoms with E-state index in [1.807, 2.05) is 24.5 Å². The summed E-state index contributed by atoms with van der Waals surface area (Å²) in [4.78, 5) is 4.03. The molecule has 1 saturated carbocycles. The van der Waals surface area contributed by atoms with E-state index in [1.54, 1.807) is 0 Å². The van der Waals surface area contributed by atoms with Gasteiger partial charge in [-0.25, -0.2) is 0 Å². The molecule has 3 rings (SSSR count). The van der Waals surface area contributed by atoms with Gasteiger partial charge in [-0.2, -0.15) is 0 Å². The van der Waals surface area contributed by atoms with Crippen molar-refractivity contribution in [2.45, 2.75) is 18.8 Å². The molecule has 0 aliphatic heterocycles. The number of pyridine rings is 1. The molecule has 1 aliphatic carbocycles. The topological polar surface area (TPSA) is 12.9 Å². The molecular formula is C14H13N. The maximum Gasteiger partial charge on any atom is 0.0273 e. The van der Waals surface area contributed by atoms with E-state index in [-0.39, 0.29) is 0 Å². The molecule has 1 aromatic carbocycles. The highest BCUT2D eigenvalue weighted by molar-refractivity contribution is 5.63. The summed E-state index contributed by atoms with van der Waals surface area (Å²) in [6.07, 6.45) is 6.41. The average Bonchev–Trinajstić information content (AvgIpc) is 3.15. The lowest BCUT2D eigenvalue weighted by Gasteiger charge is -2.02. The summed E-state index contributed by atoms with van der Waals surface area (Å²) >= 11 is 0. The third-order valence-electron chi connectivity index (χ3n) is 2.97. The van der Waals surface area contributed by atoms with Crippen LogP contribution in [0.25, 0.3) is 11.1 Å². The minimum atomic E-state index is 0.844. The number of nitrogens with zero attached hydrogens (tertiary/aromatic N) is 1. The van der Waals surface area contributed by atoms with Crippen LogP contribution in [0.2, 0.25) is 0 Å². The van der Waals surface area contributed by atoms with Crippen LogP contribution in [0.1, 0.15) is 24.3 Å². The van der Waals surface area contributed by atoms with Crippen molar-refractivity contribution in [1.82, 2.24) is 4.98 Å². The van der Waals surface area contributed by atoms with Gasteiger partial charge in [0, 0.05) is 12.4 Å².